The molecule has 2 aromatic rings. The summed E-state index contributed by atoms with van der Waals surface area (Å²) in [6, 6.07) is 0. The highest BCUT2D eigenvalue weighted by Crippen LogP contribution is 2.31. The third-order valence-corrected chi connectivity index (χ3v) is 3.43. The van der Waals surface area contributed by atoms with Crippen molar-refractivity contribution in [2.45, 2.75) is 31.5 Å². The molecule has 1 saturated heterocycles. The molecule has 0 saturated carbocycles. The quantitative estimate of drug-likeness (QED) is 0.570. The van der Waals surface area contributed by atoms with Crippen molar-refractivity contribution in [3.63, 3.8) is 0 Å². The van der Waals surface area contributed by atoms with Crippen LogP contribution in [0.1, 0.15) is 13.2 Å². The monoisotopic (exact) mass is 310 g/mol. The molecule has 1 aliphatic heterocycles. The molecule has 1 fully saturated rings. The minimum Gasteiger partial charge on any atom is -0.463 e. The van der Waals surface area contributed by atoms with Crippen LogP contribution in [0.2, 0.25) is 0 Å². The number of carbonyl (C=O) groups is 1. The Kier molecular flexibility index (Phi) is 3.64. The molecule has 10 heteroatoms. The van der Waals surface area contributed by atoms with E-state index in [0.29, 0.717) is 0 Å². The number of hydrogen-bond acceptors (Lipinski definition) is 8. The molecule has 2 unspecified atom stereocenters. The summed E-state index contributed by atoms with van der Waals surface area (Å²) in [6.07, 6.45) is -1.90. The lowest BCUT2D eigenvalue weighted by Crippen LogP contribution is -2.34. The maximum Gasteiger partial charge on any atom is 0.302 e. The Bertz CT molecular complexity index is 755. The summed E-state index contributed by atoms with van der Waals surface area (Å²) in [7, 11) is 0. The average Bonchev–Trinajstić information content (AvgIpc) is 3.01. The molecule has 0 aromatic carbocycles. The van der Waals surface area contributed by atoms with E-state index >= 15 is 0 Å². The van der Waals surface area contributed by atoms with Gasteiger partial charge in [0, 0.05) is 6.92 Å². The molecule has 3 rings (SSSR count). The number of aromatic nitrogens is 4. The maximum absolute atomic E-state index is 11.6. The highest BCUT2D eigenvalue weighted by molar-refractivity contribution is 5.69. The second-order valence-corrected chi connectivity index (χ2v) is 4.90. The van der Waals surface area contributed by atoms with E-state index in [2.05, 4.69) is 15.0 Å². The zero-order valence-electron chi connectivity index (χ0n) is 11.5. The third-order valence-electron chi connectivity index (χ3n) is 3.43. The van der Waals surface area contributed by atoms with Crippen LogP contribution in [0.5, 0.6) is 0 Å². The van der Waals surface area contributed by atoms with E-state index < -0.39 is 36.1 Å². The van der Waals surface area contributed by atoms with Crippen LogP contribution in [0.15, 0.2) is 17.4 Å². The van der Waals surface area contributed by atoms with E-state index in [1.807, 2.05) is 0 Å². The number of nitrogens with one attached hydrogen (secondary N) is 1. The normalized spacial score (nSPS) is 28.1. The van der Waals surface area contributed by atoms with Gasteiger partial charge in [-0.2, -0.15) is 0 Å². The van der Waals surface area contributed by atoms with Gasteiger partial charge in [-0.25, -0.2) is 9.97 Å². The van der Waals surface area contributed by atoms with Crippen LogP contribution in [0, 0.1) is 0 Å². The minimum absolute atomic E-state index is 0.0937. The van der Waals surface area contributed by atoms with Gasteiger partial charge in [-0.05, 0) is 0 Å². The zero-order valence-corrected chi connectivity index (χ0v) is 11.5. The number of ether oxygens (including phenoxy) is 2. The fourth-order valence-electron chi connectivity index (χ4n) is 2.35. The smallest absolute Gasteiger partial charge is 0.302 e. The number of aliphatic hydroxyl groups excluding tert-OH is 2. The molecule has 0 radical (unpaired) electrons. The predicted molar refractivity (Wildman–Crippen MR) is 70.7 cm³/mol. The fraction of sp³-hybridized carbons (Fsp3) is 0.500. The van der Waals surface area contributed by atoms with Gasteiger partial charge in [-0.3, -0.25) is 14.2 Å². The van der Waals surface area contributed by atoms with Gasteiger partial charge in [0.2, 0.25) is 0 Å². The molecule has 10 nitrogen and oxygen atoms in total. The Balaban J connectivity index is 1.89. The van der Waals surface area contributed by atoms with Gasteiger partial charge >= 0.3 is 5.97 Å². The van der Waals surface area contributed by atoms with Crippen molar-refractivity contribution in [3.05, 3.63) is 23.0 Å². The number of imidazole rings is 1. The van der Waals surface area contributed by atoms with Crippen LogP contribution in [-0.2, 0) is 14.3 Å². The first kappa shape index (κ1) is 14.6. The Morgan fingerprint density at radius 1 is 1.45 bits per heavy atom. The molecular formula is C12H14N4O6. The van der Waals surface area contributed by atoms with Crippen LogP contribution in [0.4, 0.5) is 0 Å². The third kappa shape index (κ3) is 2.36. The Morgan fingerprint density at radius 2 is 2.23 bits per heavy atom. The van der Waals surface area contributed by atoms with Gasteiger partial charge in [0.15, 0.2) is 17.4 Å². The van der Waals surface area contributed by atoms with E-state index in [1.54, 1.807) is 0 Å². The van der Waals surface area contributed by atoms with E-state index in [9.17, 15) is 19.8 Å². The molecule has 0 aliphatic carbocycles. The lowest BCUT2D eigenvalue weighted by Gasteiger charge is -2.16. The molecular weight excluding hydrogens is 296 g/mol. The first-order chi connectivity index (χ1) is 10.5. The fourth-order valence-corrected chi connectivity index (χ4v) is 2.35. The number of nitrogens with zero attached hydrogens (tertiary/aromatic N) is 3. The van der Waals surface area contributed by atoms with Crippen LogP contribution in [-0.4, -0.2) is 60.6 Å². The zero-order chi connectivity index (χ0) is 15.9. The molecule has 118 valence electrons. The van der Waals surface area contributed by atoms with Crippen molar-refractivity contribution in [3.8, 4) is 0 Å². The highest BCUT2D eigenvalue weighted by Gasteiger charge is 2.44. The molecule has 0 bridgehead atoms. The van der Waals surface area contributed by atoms with E-state index in [-0.39, 0.29) is 17.8 Å². The molecule has 3 N–H and O–H groups in total. The molecule has 2 aromatic heterocycles. The second-order valence-electron chi connectivity index (χ2n) is 4.90. The SMILES string of the molecule is CC(=O)OC[C@H]1O[C@@H](n2cnc3c(=O)[nH]cnc32)C(O)C1O. The number of carbonyl (C=O) groups excluding carboxylic acids is 1. The number of rotatable bonds is 3. The summed E-state index contributed by atoms with van der Waals surface area (Å²) in [5.74, 6) is -0.518. The topological polar surface area (TPSA) is 140 Å². The average molecular weight is 310 g/mol. The number of esters is 1. The van der Waals surface area contributed by atoms with Crippen molar-refractivity contribution in [1.29, 1.82) is 0 Å². The molecule has 22 heavy (non-hydrogen) atoms. The lowest BCUT2D eigenvalue weighted by atomic mass is 10.1. The number of fused-ring (bicyclic) bond motifs is 1. The Hall–Kier alpha value is -2.30. The number of aliphatic hydroxyl groups is 2. The Morgan fingerprint density at radius 3 is 2.95 bits per heavy atom. The molecule has 0 spiro atoms. The van der Waals surface area contributed by atoms with E-state index in [4.69, 9.17) is 9.47 Å². The van der Waals surface area contributed by atoms with Gasteiger partial charge in [0.05, 0.1) is 12.7 Å². The summed E-state index contributed by atoms with van der Waals surface area (Å²) in [5, 5.41) is 20.1. The molecule has 3 heterocycles. The van der Waals surface area contributed by atoms with Crippen molar-refractivity contribution >= 4 is 17.1 Å². The van der Waals surface area contributed by atoms with Crippen LogP contribution in [0.25, 0.3) is 11.2 Å². The van der Waals surface area contributed by atoms with Gasteiger partial charge < -0.3 is 24.7 Å². The van der Waals surface area contributed by atoms with Gasteiger partial charge in [-0.15, -0.1) is 0 Å². The maximum atomic E-state index is 11.6. The van der Waals surface area contributed by atoms with Crippen LogP contribution in [0.3, 0.4) is 0 Å². The lowest BCUT2D eigenvalue weighted by molar-refractivity contribution is -0.147. The number of aromatic amines is 1. The van der Waals surface area contributed by atoms with Crippen LogP contribution >= 0.6 is 0 Å². The molecule has 0 amide bonds. The summed E-state index contributed by atoms with van der Waals surface area (Å²) in [4.78, 5) is 32.7. The van der Waals surface area contributed by atoms with E-state index in [1.165, 1.54) is 24.1 Å². The van der Waals surface area contributed by atoms with Crippen molar-refractivity contribution < 1.29 is 24.5 Å². The van der Waals surface area contributed by atoms with Crippen molar-refractivity contribution in [2.75, 3.05) is 6.61 Å². The number of H-pyrrole nitrogens is 1. The number of hydrogen-bond donors (Lipinski definition) is 3. The minimum atomic E-state index is -1.28. The first-order valence-electron chi connectivity index (χ1n) is 6.54. The molecule has 4 atom stereocenters. The first-order valence-corrected chi connectivity index (χ1v) is 6.54. The summed E-state index contributed by atoms with van der Waals surface area (Å²) >= 11 is 0. The highest BCUT2D eigenvalue weighted by atomic mass is 16.6. The summed E-state index contributed by atoms with van der Waals surface area (Å²) < 4.78 is 11.7. The predicted octanol–water partition coefficient (Wildman–Crippen LogP) is -1.70. The second kappa shape index (κ2) is 5.48. The standard InChI is InChI=1S/C12H14N4O6/c1-5(17)21-2-6-8(18)9(19)12(22-6)16-4-15-7-10(16)13-3-14-11(7)20/h3-4,6,8-9,12,18-19H,2H2,1H3,(H,13,14,20)/t6-,8?,9?,12-/m1/s1. The summed E-state index contributed by atoms with van der Waals surface area (Å²) in [5.41, 5.74) is -0.113. The van der Waals surface area contributed by atoms with E-state index in [0.717, 1.165) is 0 Å². The van der Waals surface area contributed by atoms with Crippen molar-refractivity contribution in [1.82, 2.24) is 19.5 Å². The van der Waals surface area contributed by atoms with Gasteiger partial charge in [0.1, 0.15) is 24.9 Å². The van der Waals surface area contributed by atoms with Gasteiger partial charge in [0.25, 0.3) is 5.56 Å². The van der Waals surface area contributed by atoms with Gasteiger partial charge in [-0.1, -0.05) is 0 Å². The summed E-state index contributed by atoms with van der Waals surface area (Å²) in [6.45, 7) is 1.04. The van der Waals surface area contributed by atoms with Crippen LogP contribution < -0.4 is 5.56 Å². The van der Waals surface area contributed by atoms with Crippen molar-refractivity contribution in [2.24, 2.45) is 0 Å². The Labute approximate surface area is 123 Å². The largest absolute Gasteiger partial charge is 0.463 e. The molecule has 1 aliphatic rings.